The second-order valence-corrected chi connectivity index (χ2v) is 7.27. The Morgan fingerprint density at radius 3 is 2.83 bits per heavy atom. The lowest BCUT2D eigenvalue weighted by atomic mass is 10.1. The molecular weight excluding hydrogens is 364 g/mol. The van der Waals surface area contributed by atoms with E-state index in [0.29, 0.717) is 25.7 Å². The van der Waals surface area contributed by atoms with Gasteiger partial charge in [-0.2, -0.15) is 4.98 Å². The molecule has 0 spiro atoms. The minimum atomic E-state index is 0.262. The molecule has 0 radical (unpaired) electrons. The molecule has 1 aliphatic heterocycles. The van der Waals surface area contributed by atoms with E-state index in [0.717, 1.165) is 40.1 Å². The van der Waals surface area contributed by atoms with Crippen molar-refractivity contribution in [3.05, 3.63) is 77.1 Å². The van der Waals surface area contributed by atoms with E-state index in [9.17, 15) is 5.11 Å². The van der Waals surface area contributed by atoms with Gasteiger partial charge in [-0.25, -0.2) is 4.98 Å². The van der Waals surface area contributed by atoms with Gasteiger partial charge in [0, 0.05) is 29.6 Å². The van der Waals surface area contributed by atoms with Gasteiger partial charge in [-0.05, 0) is 30.7 Å². The zero-order valence-electron chi connectivity index (χ0n) is 16.2. The Balaban J connectivity index is 1.61. The number of hydrogen-bond donors (Lipinski definition) is 2. The molecule has 0 unspecified atom stereocenters. The van der Waals surface area contributed by atoms with Crippen LogP contribution in [0.3, 0.4) is 0 Å². The van der Waals surface area contributed by atoms with Crippen LogP contribution in [0.5, 0.6) is 5.75 Å². The summed E-state index contributed by atoms with van der Waals surface area (Å²) in [4.78, 5) is 9.73. The zero-order valence-corrected chi connectivity index (χ0v) is 16.2. The molecule has 6 nitrogen and oxygen atoms in total. The van der Waals surface area contributed by atoms with Gasteiger partial charge in [-0.15, -0.1) is 0 Å². The Kier molecular flexibility index (Phi) is 4.41. The zero-order chi connectivity index (χ0) is 19.8. The fourth-order valence-corrected chi connectivity index (χ4v) is 3.86. The maximum atomic E-state index is 10.2. The highest BCUT2D eigenvalue weighted by Crippen LogP contribution is 2.31. The van der Waals surface area contributed by atoms with Crippen LogP contribution in [-0.2, 0) is 24.3 Å². The summed E-state index contributed by atoms with van der Waals surface area (Å²) < 4.78 is 7.67. The smallest absolute Gasteiger partial charge is 0.236 e. The first-order valence-electron chi connectivity index (χ1n) is 9.76. The van der Waals surface area contributed by atoms with E-state index in [4.69, 9.17) is 14.7 Å². The van der Waals surface area contributed by atoms with Gasteiger partial charge in [-0.1, -0.05) is 36.4 Å². The second kappa shape index (κ2) is 7.22. The standard InChI is InChI=1S/C23H22N4O2/c1-15-12-17-20(8-5-9-21(17)28)27(15)23-25-19-10-11-29-14-18(19)22(26-23)24-13-16-6-3-2-4-7-16/h2-9,12,28H,10-11,13-14H2,1H3,(H,24,25,26). The normalized spacial score (nSPS) is 13.4. The molecule has 0 saturated heterocycles. The molecule has 0 saturated carbocycles. The van der Waals surface area contributed by atoms with Gasteiger partial charge in [0.1, 0.15) is 11.6 Å². The lowest BCUT2D eigenvalue weighted by Crippen LogP contribution is -2.19. The largest absolute Gasteiger partial charge is 0.507 e. The molecule has 0 bridgehead atoms. The lowest BCUT2D eigenvalue weighted by Gasteiger charge is -2.21. The summed E-state index contributed by atoms with van der Waals surface area (Å²) in [5.41, 5.74) is 5.09. The molecule has 0 atom stereocenters. The Hall–Kier alpha value is -3.38. The predicted octanol–water partition coefficient (Wildman–Crippen LogP) is 4.12. The van der Waals surface area contributed by atoms with Crippen molar-refractivity contribution < 1.29 is 9.84 Å². The molecule has 5 rings (SSSR count). The number of nitrogens with zero attached hydrogens (tertiary/aromatic N) is 3. The number of hydrogen-bond acceptors (Lipinski definition) is 5. The molecule has 146 valence electrons. The van der Waals surface area contributed by atoms with Crippen LogP contribution in [0.25, 0.3) is 16.9 Å². The third-order valence-electron chi connectivity index (χ3n) is 5.32. The van der Waals surface area contributed by atoms with E-state index >= 15 is 0 Å². The highest BCUT2D eigenvalue weighted by molar-refractivity contribution is 5.88. The van der Waals surface area contributed by atoms with Crippen LogP contribution in [0.2, 0.25) is 0 Å². The fraction of sp³-hybridized carbons (Fsp3) is 0.217. The van der Waals surface area contributed by atoms with Crippen molar-refractivity contribution in [3.8, 4) is 11.7 Å². The molecule has 0 aliphatic carbocycles. The summed E-state index contributed by atoms with van der Waals surface area (Å²) in [6.07, 6.45) is 0.758. The number of benzene rings is 2. The monoisotopic (exact) mass is 386 g/mol. The number of rotatable bonds is 4. The van der Waals surface area contributed by atoms with Gasteiger partial charge in [0.25, 0.3) is 0 Å². The van der Waals surface area contributed by atoms with Crippen molar-refractivity contribution in [2.75, 3.05) is 11.9 Å². The van der Waals surface area contributed by atoms with Crippen molar-refractivity contribution in [2.24, 2.45) is 0 Å². The van der Waals surface area contributed by atoms with Gasteiger partial charge in [0.2, 0.25) is 5.95 Å². The van der Waals surface area contributed by atoms with Gasteiger partial charge >= 0.3 is 0 Å². The fourth-order valence-electron chi connectivity index (χ4n) is 3.86. The van der Waals surface area contributed by atoms with E-state index in [1.165, 1.54) is 5.56 Å². The number of fused-ring (bicyclic) bond motifs is 2. The highest BCUT2D eigenvalue weighted by Gasteiger charge is 2.21. The molecular formula is C23H22N4O2. The molecule has 1 aliphatic rings. The van der Waals surface area contributed by atoms with Crippen molar-refractivity contribution >= 4 is 16.7 Å². The molecule has 3 heterocycles. The van der Waals surface area contributed by atoms with Gasteiger partial charge in [0.15, 0.2) is 0 Å². The number of ether oxygens (including phenoxy) is 1. The average Bonchev–Trinajstić information content (AvgIpc) is 3.10. The molecule has 4 aromatic rings. The SMILES string of the molecule is Cc1cc2c(O)cccc2n1-c1nc2c(c(NCc3ccccc3)n1)COCC2. The van der Waals surface area contributed by atoms with Gasteiger partial charge in [-0.3, -0.25) is 4.57 Å². The van der Waals surface area contributed by atoms with Crippen molar-refractivity contribution in [1.29, 1.82) is 0 Å². The Morgan fingerprint density at radius 1 is 1.10 bits per heavy atom. The Labute approximate surface area is 168 Å². The second-order valence-electron chi connectivity index (χ2n) is 7.27. The van der Waals surface area contributed by atoms with Gasteiger partial charge in [0.05, 0.1) is 24.4 Å². The van der Waals surface area contributed by atoms with Crippen molar-refractivity contribution in [1.82, 2.24) is 14.5 Å². The van der Waals surface area contributed by atoms with Crippen LogP contribution < -0.4 is 5.32 Å². The first kappa shape index (κ1) is 17.7. The summed E-state index contributed by atoms with van der Waals surface area (Å²) in [5, 5.41) is 14.5. The molecule has 2 aromatic heterocycles. The highest BCUT2D eigenvalue weighted by atomic mass is 16.5. The number of phenolic OH excluding ortho intramolecular Hbond substituents is 1. The third kappa shape index (κ3) is 3.21. The number of aromatic hydroxyl groups is 1. The third-order valence-corrected chi connectivity index (χ3v) is 5.32. The van der Waals surface area contributed by atoms with Crippen LogP contribution in [0, 0.1) is 6.92 Å². The molecule has 0 amide bonds. The maximum absolute atomic E-state index is 10.2. The Morgan fingerprint density at radius 2 is 1.97 bits per heavy atom. The van der Waals surface area contributed by atoms with Crippen LogP contribution in [0.4, 0.5) is 5.82 Å². The van der Waals surface area contributed by atoms with E-state index < -0.39 is 0 Å². The van der Waals surface area contributed by atoms with Crippen LogP contribution in [0.1, 0.15) is 22.5 Å². The Bertz CT molecular complexity index is 1180. The number of aromatic nitrogens is 3. The molecule has 2 N–H and O–H groups in total. The van der Waals surface area contributed by atoms with Crippen LogP contribution >= 0.6 is 0 Å². The van der Waals surface area contributed by atoms with E-state index in [2.05, 4.69) is 17.4 Å². The minimum absolute atomic E-state index is 0.262. The quantitative estimate of drug-likeness (QED) is 0.552. The molecule has 29 heavy (non-hydrogen) atoms. The summed E-state index contributed by atoms with van der Waals surface area (Å²) in [6.45, 7) is 3.85. The van der Waals surface area contributed by atoms with E-state index in [1.807, 2.05) is 47.9 Å². The topological polar surface area (TPSA) is 72.2 Å². The number of phenols is 1. The lowest BCUT2D eigenvalue weighted by molar-refractivity contribution is 0.109. The number of anilines is 1. The molecule has 2 aromatic carbocycles. The van der Waals surface area contributed by atoms with E-state index in [1.54, 1.807) is 6.07 Å². The van der Waals surface area contributed by atoms with Crippen LogP contribution in [-0.4, -0.2) is 26.2 Å². The predicted molar refractivity (Wildman–Crippen MR) is 112 cm³/mol. The summed E-state index contributed by atoms with van der Waals surface area (Å²) in [5.74, 6) is 1.67. The average molecular weight is 386 g/mol. The maximum Gasteiger partial charge on any atom is 0.236 e. The molecule has 0 fully saturated rings. The molecule has 6 heteroatoms. The minimum Gasteiger partial charge on any atom is -0.507 e. The van der Waals surface area contributed by atoms with Crippen LogP contribution in [0.15, 0.2) is 54.6 Å². The summed E-state index contributed by atoms with van der Waals surface area (Å²) in [6, 6.07) is 17.7. The first-order chi connectivity index (χ1) is 14.2. The summed E-state index contributed by atoms with van der Waals surface area (Å²) in [7, 11) is 0. The number of aryl methyl sites for hydroxylation is 1. The number of nitrogens with one attached hydrogen (secondary N) is 1. The van der Waals surface area contributed by atoms with Crippen molar-refractivity contribution in [2.45, 2.75) is 26.5 Å². The first-order valence-corrected chi connectivity index (χ1v) is 9.76. The van der Waals surface area contributed by atoms with Gasteiger partial charge < -0.3 is 15.2 Å². The van der Waals surface area contributed by atoms with Crippen molar-refractivity contribution in [3.63, 3.8) is 0 Å². The van der Waals surface area contributed by atoms with E-state index in [-0.39, 0.29) is 5.75 Å². The summed E-state index contributed by atoms with van der Waals surface area (Å²) >= 11 is 0.